The third-order valence-corrected chi connectivity index (χ3v) is 5.85. The van der Waals surface area contributed by atoms with E-state index in [2.05, 4.69) is 0 Å². The van der Waals surface area contributed by atoms with Crippen LogP contribution in [0.3, 0.4) is 0 Å². The highest BCUT2D eigenvalue weighted by Crippen LogP contribution is 2.31. The first-order valence-corrected chi connectivity index (χ1v) is 9.10. The van der Waals surface area contributed by atoms with Crippen LogP contribution in [0, 0.1) is 17.0 Å². The Morgan fingerprint density at radius 2 is 1.71 bits per heavy atom. The summed E-state index contributed by atoms with van der Waals surface area (Å²) in [5.41, 5.74) is 0.410. The second-order valence-electron chi connectivity index (χ2n) is 5.00. The number of anilines is 1. The van der Waals surface area contributed by atoms with E-state index in [0.717, 1.165) is 10.4 Å². The van der Waals surface area contributed by atoms with Gasteiger partial charge < -0.3 is 0 Å². The Bertz CT molecular complexity index is 880. The minimum atomic E-state index is -4.01. The Labute approximate surface area is 149 Å². The van der Waals surface area contributed by atoms with Gasteiger partial charge >= 0.3 is 0 Å². The Hall–Kier alpha value is -1.83. The third-order valence-electron chi connectivity index (χ3n) is 3.37. The van der Waals surface area contributed by atoms with Crippen molar-refractivity contribution in [1.82, 2.24) is 0 Å². The van der Waals surface area contributed by atoms with Crippen molar-refractivity contribution >= 4 is 44.6 Å². The van der Waals surface area contributed by atoms with Gasteiger partial charge in [-0.05, 0) is 37.6 Å². The predicted octanol–water partition coefficient (Wildman–Crippen LogP) is 4.43. The van der Waals surface area contributed by atoms with Crippen LogP contribution in [-0.2, 0) is 10.0 Å². The van der Waals surface area contributed by atoms with E-state index in [1.165, 1.54) is 30.3 Å². The molecule has 128 valence electrons. The minimum absolute atomic E-state index is 0.112. The maximum absolute atomic E-state index is 13.0. The topological polar surface area (TPSA) is 80.5 Å². The molecule has 2 rings (SSSR count). The molecular formula is C15H14Cl2N2O4S. The van der Waals surface area contributed by atoms with E-state index >= 15 is 0 Å². The van der Waals surface area contributed by atoms with Crippen LogP contribution in [0.25, 0.3) is 0 Å². The van der Waals surface area contributed by atoms with Crippen LogP contribution < -0.4 is 4.31 Å². The fraction of sp³-hybridized carbons (Fsp3) is 0.200. The van der Waals surface area contributed by atoms with Crippen LogP contribution in [0.15, 0.2) is 41.3 Å². The molecule has 2 aromatic carbocycles. The summed E-state index contributed by atoms with van der Waals surface area (Å²) in [6.45, 7) is 3.34. The first-order chi connectivity index (χ1) is 11.2. The lowest BCUT2D eigenvalue weighted by Gasteiger charge is -2.24. The van der Waals surface area contributed by atoms with Crippen molar-refractivity contribution in [3.63, 3.8) is 0 Å². The summed E-state index contributed by atoms with van der Waals surface area (Å²) >= 11 is 11.9. The molecule has 0 saturated carbocycles. The van der Waals surface area contributed by atoms with Crippen LogP contribution in [0.1, 0.15) is 12.5 Å². The normalized spacial score (nSPS) is 11.3. The van der Waals surface area contributed by atoms with Gasteiger partial charge in [0, 0.05) is 28.7 Å². The van der Waals surface area contributed by atoms with E-state index < -0.39 is 14.9 Å². The summed E-state index contributed by atoms with van der Waals surface area (Å²) in [5.74, 6) is 0. The molecule has 0 atom stereocenters. The molecule has 0 spiro atoms. The molecule has 0 heterocycles. The predicted molar refractivity (Wildman–Crippen MR) is 94.5 cm³/mol. The van der Waals surface area contributed by atoms with Crippen LogP contribution in [0.5, 0.6) is 0 Å². The van der Waals surface area contributed by atoms with Crippen LogP contribution in [-0.4, -0.2) is 19.9 Å². The van der Waals surface area contributed by atoms with Crippen molar-refractivity contribution < 1.29 is 13.3 Å². The Morgan fingerprint density at radius 1 is 1.12 bits per heavy atom. The lowest BCUT2D eigenvalue weighted by molar-refractivity contribution is -0.385. The van der Waals surface area contributed by atoms with Crippen LogP contribution in [0.2, 0.25) is 10.0 Å². The number of benzene rings is 2. The lowest BCUT2D eigenvalue weighted by Crippen LogP contribution is -2.31. The number of non-ortho nitro benzene ring substituents is 1. The van der Waals surface area contributed by atoms with Crippen molar-refractivity contribution in [2.24, 2.45) is 0 Å². The Balaban J connectivity index is 2.63. The van der Waals surface area contributed by atoms with Gasteiger partial charge in [0.1, 0.15) is 0 Å². The molecule has 0 aliphatic heterocycles. The molecule has 0 saturated heterocycles. The van der Waals surface area contributed by atoms with E-state index in [9.17, 15) is 18.5 Å². The molecule has 2 aromatic rings. The fourth-order valence-electron chi connectivity index (χ4n) is 2.27. The summed E-state index contributed by atoms with van der Waals surface area (Å²) in [6, 6.07) is 8.16. The van der Waals surface area contributed by atoms with Crippen molar-refractivity contribution in [2.75, 3.05) is 10.8 Å². The van der Waals surface area contributed by atoms with Gasteiger partial charge in [0.25, 0.3) is 15.7 Å². The summed E-state index contributed by atoms with van der Waals surface area (Å²) in [5, 5.41) is 11.5. The summed E-state index contributed by atoms with van der Waals surface area (Å²) in [7, 11) is -4.01. The molecule has 0 fully saturated rings. The highest BCUT2D eigenvalue weighted by Gasteiger charge is 2.27. The summed E-state index contributed by atoms with van der Waals surface area (Å²) < 4.78 is 27.1. The number of rotatable bonds is 5. The lowest BCUT2D eigenvalue weighted by atomic mass is 10.2. The first-order valence-electron chi connectivity index (χ1n) is 6.90. The van der Waals surface area contributed by atoms with Crippen molar-refractivity contribution in [2.45, 2.75) is 18.7 Å². The number of nitro groups is 1. The molecule has 0 aromatic heterocycles. The summed E-state index contributed by atoms with van der Waals surface area (Å²) in [6.07, 6.45) is 0. The zero-order chi connectivity index (χ0) is 18.1. The number of nitro benzene ring substituents is 1. The molecule has 0 radical (unpaired) electrons. The number of hydrogen-bond acceptors (Lipinski definition) is 4. The van der Waals surface area contributed by atoms with Gasteiger partial charge in [-0.25, -0.2) is 8.42 Å². The summed E-state index contributed by atoms with van der Waals surface area (Å²) in [4.78, 5) is 10.2. The van der Waals surface area contributed by atoms with E-state index in [4.69, 9.17) is 23.2 Å². The monoisotopic (exact) mass is 388 g/mol. The standard InChI is InChI=1S/C15H14Cl2N2O4S/c1-3-18(14-7-11(16)6-12(17)8-14)24(22,23)15-9-13(19(20)21)5-4-10(15)2/h4-9H,3H2,1-2H3. The van der Waals surface area contributed by atoms with Gasteiger partial charge in [0.05, 0.1) is 15.5 Å². The van der Waals surface area contributed by atoms with Crippen molar-refractivity contribution in [3.05, 3.63) is 62.1 Å². The molecule has 0 aliphatic carbocycles. The molecular weight excluding hydrogens is 375 g/mol. The van der Waals surface area contributed by atoms with Crippen molar-refractivity contribution in [1.29, 1.82) is 0 Å². The van der Waals surface area contributed by atoms with Crippen LogP contribution in [0.4, 0.5) is 11.4 Å². The average molecular weight is 389 g/mol. The van der Waals surface area contributed by atoms with Gasteiger partial charge in [0.15, 0.2) is 0 Å². The molecule has 0 aliphatic rings. The highest BCUT2D eigenvalue weighted by molar-refractivity contribution is 7.92. The van der Waals surface area contributed by atoms with Gasteiger partial charge in [-0.15, -0.1) is 0 Å². The first kappa shape index (κ1) is 18.5. The molecule has 9 heteroatoms. The Kier molecular flexibility index (Phi) is 5.37. The Morgan fingerprint density at radius 3 is 2.21 bits per heavy atom. The highest BCUT2D eigenvalue weighted by atomic mass is 35.5. The van der Waals surface area contributed by atoms with E-state index in [1.54, 1.807) is 13.8 Å². The zero-order valence-corrected chi connectivity index (χ0v) is 15.2. The molecule has 0 amide bonds. The number of aryl methyl sites for hydroxylation is 1. The maximum atomic E-state index is 13.0. The van der Waals surface area contributed by atoms with Gasteiger partial charge in [-0.1, -0.05) is 29.3 Å². The molecule has 6 nitrogen and oxygen atoms in total. The SMILES string of the molecule is CCN(c1cc(Cl)cc(Cl)c1)S(=O)(=O)c1cc([N+](=O)[O-])ccc1C. The van der Waals surface area contributed by atoms with Crippen LogP contribution >= 0.6 is 23.2 Å². The molecule has 24 heavy (non-hydrogen) atoms. The quantitative estimate of drug-likeness (QED) is 0.560. The number of hydrogen-bond donors (Lipinski definition) is 0. The van der Waals surface area contributed by atoms with Gasteiger partial charge in [0.2, 0.25) is 0 Å². The molecule has 0 N–H and O–H groups in total. The third kappa shape index (κ3) is 3.63. The fourth-order valence-corrected chi connectivity index (χ4v) is 4.49. The van der Waals surface area contributed by atoms with Gasteiger partial charge in [-0.3, -0.25) is 14.4 Å². The average Bonchev–Trinajstić information content (AvgIpc) is 2.46. The molecule has 0 bridgehead atoms. The second-order valence-corrected chi connectivity index (χ2v) is 7.71. The number of halogens is 2. The minimum Gasteiger partial charge on any atom is -0.267 e. The van der Waals surface area contributed by atoms with Crippen molar-refractivity contribution in [3.8, 4) is 0 Å². The zero-order valence-electron chi connectivity index (χ0n) is 12.9. The number of sulfonamides is 1. The van der Waals surface area contributed by atoms with E-state index in [1.807, 2.05) is 0 Å². The molecule has 0 unspecified atom stereocenters. The maximum Gasteiger partial charge on any atom is 0.270 e. The second kappa shape index (κ2) is 6.96. The smallest absolute Gasteiger partial charge is 0.267 e. The van der Waals surface area contributed by atoms with E-state index in [-0.39, 0.29) is 17.1 Å². The van der Waals surface area contributed by atoms with Gasteiger partial charge in [-0.2, -0.15) is 0 Å². The largest absolute Gasteiger partial charge is 0.270 e. The van der Waals surface area contributed by atoms with E-state index in [0.29, 0.717) is 21.3 Å². The number of nitrogens with zero attached hydrogens (tertiary/aromatic N) is 2.